The van der Waals surface area contributed by atoms with Crippen LogP contribution in [-0.4, -0.2) is 40.5 Å². The Morgan fingerprint density at radius 1 is 1.04 bits per heavy atom. The first kappa shape index (κ1) is 18.6. The van der Waals surface area contributed by atoms with Crippen LogP contribution in [0, 0.1) is 20.8 Å². The number of Topliss-reactive ketones (excluding diaryl/α,β-unsaturated/α-hetero) is 1. The van der Waals surface area contributed by atoms with E-state index in [0.717, 1.165) is 21.4 Å². The minimum Gasteiger partial charge on any atom is -0.347 e. The Balaban J connectivity index is 2.65. The smallest absolute Gasteiger partial charge is 0.267 e. The molecule has 1 atom stereocenters. The van der Waals surface area contributed by atoms with Crippen molar-refractivity contribution in [2.45, 2.75) is 33.7 Å². The second-order valence-electron chi connectivity index (χ2n) is 6.50. The molecule has 6 nitrogen and oxygen atoms in total. The van der Waals surface area contributed by atoms with Gasteiger partial charge in [-0.15, -0.1) is 0 Å². The summed E-state index contributed by atoms with van der Waals surface area (Å²) in [6.45, 7) is 7.28. The summed E-state index contributed by atoms with van der Waals surface area (Å²) in [6.07, 6.45) is 0. The van der Waals surface area contributed by atoms with Crippen LogP contribution < -0.4 is 5.56 Å². The van der Waals surface area contributed by atoms with E-state index < -0.39 is 23.3 Å². The Kier molecular flexibility index (Phi) is 5.21. The summed E-state index contributed by atoms with van der Waals surface area (Å²) >= 11 is 0. The molecule has 1 heterocycles. The number of benzene rings is 1. The van der Waals surface area contributed by atoms with Crippen LogP contribution in [-0.2, 0) is 9.59 Å². The van der Waals surface area contributed by atoms with Crippen LogP contribution in [0.15, 0.2) is 29.1 Å². The third-order valence-corrected chi connectivity index (χ3v) is 4.25. The number of amides is 1. The highest BCUT2D eigenvalue weighted by atomic mass is 16.2. The molecule has 0 aliphatic heterocycles. The van der Waals surface area contributed by atoms with Gasteiger partial charge in [-0.05, 0) is 56.5 Å². The predicted molar refractivity (Wildman–Crippen MR) is 96.6 cm³/mol. The molecule has 1 aromatic carbocycles. The van der Waals surface area contributed by atoms with Crippen LogP contribution in [0.4, 0.5) is 0 Å². The summed E-state index contributed by atoms with van der Waals surface area (Å²) < 4.78 is 0.981. The molecule has 1 amide bonds. The van der Waals surface area contributed by atoms with Gasteiger partial charge < -0.3 is 4.90 Å². The molecule has 0 saturated heterocycles. The maximum atomic E-state index is 12.4. The first-order valence-electron chi connectivity index (χ1n) is 8.03. The van der Waals surface area contributed by atoms with Crippen LogP contribution in [0.1, 0.15) is 29.7 Å². The number of likely N-dealkylation sites (N-methyl/N-ethyl adjacent to an activating group) is 1. The topological polar surface area (TPSA) is 72.3 Å². The molecule has 25 heavy (non-hydrogen) atoms. The number of carbonyl (C=O) groups is 2. The van der Waals surface area contributed by atoms with Crippen molar-refractivity contribution in [2.75, 3.05) is 14.1 Å². The molecule has 0 spiro atoms. The number of rotatable bonds is 4. The van der Waals surface area contributed by atoms with E-state index in [-0.39, 0.29) is 0 Å². The van der Waals surface area contributed by atoms with E-state index in [2.05, 4.69) is 11.2 Å². The Bertz CT molecular complexity index is 897. The molecule has 1 unspecified atom stereocenters. The summed E-state index contributed by atoms with van der Waals surface area (Å²) in [7, 11) is 3.08. The summed E-state index contributed by atoms with van der Waals surface area (Å²) in [5, 5.41) is 4.34. The zero-order chi connectivity index (χ0) is 18.9. The number of ketones is 1. The molecule has 1 aromatic heterocycles. The average Bonchev–Trinajstić information content (AvgIpc) is 2.52. The second-order valence-corrected chi connectivity index (χ2v) is 6.50. The number of nitrogens with zero attached hydrogens (tertiary/aromatic N) is 3. The van der Waals surface area contributed by atoms with Crippen molar-refractivity contribution in [1.29, 1.82) is 0 Å². The lowest BCUT2D eigenvalue weighted by atomic mass is 9.98. The van der Waals surface area contributed by atoms with E-state index in [4.69, 9.17) is 0 Å². The first-order valence-corrected chi connectivity index (χ1v) is 8.03. The van der Waals surface area contributed by atoms with E-state index in [1.54, 1.807) is 20.2 Å². The van der Waals surface area contributed by atoms with Gasteiger partial charge in [-0.2, -0.15) is 5.10 Å². The average molecular weight is 341 g/mol. The normalized spacial score (nSPS) is 11.9. The largest absolute Gasteiger partial charge is 0.347 e. The molecule has 0 saturated carbocycles. The highest BCUT2D eigenvalue weighted by Gasteiger charge is 2.29. The van der Waals surface area contributed by atoms with Gasteiger partial charge in [0.2, 0.25) is 0 Å². The fourth-order valence-corrected chi connectivity index (χ4v) is 2.69. The zero-order valence-corrected chi connectivity index (χ0v) is 15.5. The van der Waals surface area contributed by atoms with Crippen LogP contribution in [0.3, 0.4) is 0 Å². The fourth-order valence-electron chi connectivity index (χ4n) is 2.69. The maximum absolute atomic E-state index is 12.4. The SMILES string of the molecule is CC(=O)C(C(=O)N(C)C)n1nc(-c2cc(C)c(C)cc2C)ccc1=O. The van der Waals surface area contributed by atoms with E-state index in [1.807, 2.05) is 26.8 Å². The quantitative estimate of drug-likeness (QED) is 0.798. The van der Waals surface area contributed by atoms with Crippen molar-refractivity contribution in [3.05, 3.63) is 51.3 Å². The van der Waals surface area contributed by atoms with Crippen molar-refractivity contribution >= 4 is 11.7 Å². The van der Waals surface area contributed by atoms with E-state index in [9.17, 15) is 14.4 Å². The molecule has 0 fully saturated rings. The Labute approximate surface area is 147 Å². The first-order chi connectivity index (χ1) is 11.6. The lowest BCUT2D eigenvalue weighted by Crippen LogP contribution is -2.41. The lowest BCUT2D eigenvalue weighted by molar-refractivity contribution is -0.138. The van der Waals surface area contributed by atoms with Crippen molar-refractivity contribution in [3.63, 3.8) is 0 Å². The van der Waals surface area contributed by atoms with E-state index in [1.165, 1.54) is 23.5 Å². The second kappa shape index (κ2) is 7.01. The van der Waals surface area contributed by atoms with Gasteiger partial charge in [-0.25, -0.2) is 4.68 Å². The van der Waals surface area contributed by atoms with Crippen LogP contribution in [0.2, 0.25) is 0 Å². The Hall–Kier alpha value is -2.76. The predicted octanol–water partition coefficient (Wildman–Crippen LogP) is 2.05. The Morgan fingerprint density at radius 3 is 2.20 bits per heavy atom. The lowest BCUT2D eigenvalue weighted by Gasteiger charge is -2.20. The van der Waals surface area contributed by atoms with Gasteiger partial charge in [-0.3, -0.25) is 14.4 Å². The molecule has 0 aliphatic rings. The number of aromatic nitrogens is 2. The summed E-state index contributed by atoms with van der Waals surface area (Å²) in [5.74, 6) is -0.904. The monoisotopic (exact) mass is 341 g/mol. The standard InChI is InChI=1S/C19H23N3O3/c1-11-9-13(3)15(10-12(11)2)16-7-8-17(24)22(20-16)18(14(4)23)19(25)21(5)6/h7-10,18H,1-6H3. The van der Waals surface area contributed by atoms with E-state index >= 15 is 0 Å². The highest BCUT2D eigenvalue weighted by molar-refractivity contribution is 6.02. The van der Waals surface area contributed by atoms with Gasteiger partial charge in [0.25, 0.3) is 11.5 Å². The molecular formula is C19H23N3O3. The van der Waals surface area contributed by atoms with Crippen LogP contribution >= 0.6 is 0 Å². The zero-order valence-electron chi connectivity index (χ0n) is 15.5. The van der Waals surface area contributed by atoms with Crippen molar-refractivity contribution in [2.24, 2.45) is 0 Å². The van der Waals surface area contributed by atoms with Crippen LogP contribution in [0.25, 0.3) is 11.3 Å². The molecule has 0 bridgehead atoms. The van der Waals surface area contributed by atoms with Gasteiger partial charge in [0.05, 0.1) is 5.69 Å². The molecule has 0 radical (unpaired) electrons. The number of hydrogen-bond donors (Lipinski definition) is 0. The van der Waals surface area contributed by atoms with Gasteiger partial charge in [-0.1, -0.05) is 6.07 Å². The van der Waals surface area contributed by atoms with Gasteiger partial charge in [0.15, 0.2) is 11.8 Å². The van der Waals surface area contributed by atoms with Gasteiger partial charge in [0.1, 0.15) is 0 Å². The number of aryl methyl sites for hydroxylation is 3. The van der Waals surface area contributed by atoms with Crippen molar-refractivity contribution in [1.82, 2.24) is 14.7 Å². The molecular weight excluding hydrogens is 318 g/mol. The fraction of sp³-hybridized carbons (Fsp3) is 0.368. The maximum Gasteiger partial charge on any atom is 0.267 e. The van der Waals surface area contributed by atoms with Gasteiger partial charge >= 0.3 is 0 Å². The number of hydrogen-bond acceptors (Lipinski definition) is 4. The summed E-state index contributed by atoms with van der Waals surface area (Å²) in [5.41, 5.74) is 4.22. The molecule has 0 aliphatic carbocycles. The van der Waals surface area contributed by atoms with Gasteiger partial charge in [0, 0.05) is 25.7 Å². The molecule has 0 N–H and O–H groups in total. The third-order valence-electron chi connectivity index (χ3n) is 4.25. The summed E-state index contributed by atoms with van der Waals surface area (Å²) in [6, 6.07) is 5.76. The van der Waals surface area contributed by atoms with Crippen LogP contribution in [0.5, 0.6) is 0 Å². The molecule has 2 aromatic rings. The molecule has 2 rings (SSSR count). The van der Waals surface area contributed by atoms with Crippen molar-refractivity contribution < 1.29 is 9.59 Å². The number of carbonyl (C=O) groups excluding carboxylic acids is 2. The minimum absolute atomic E-state index is 0.428. The molecule has 132 valence electrons. The molecule has 6 heteroatoms. The van der Waals surface area contributed by atoms with E-state index in [0.29, 0.717) is 5.69 Å². The van der Waals surface area contributed by atoms with Crippen molar-refractivity contribution in [3.8, 4) is 11.3 Å². The third kappa shape index (κ3) is 3.68. The summed E-state index contributed by atoms with van der Waals surface area (Å²) in [4.78, 5) is 37.9. The highest BCUT2D eigenvalue weighted by Crippen LogP contribution is 2.24. The Morgan fingerprint density at radius 2 is 1.64 bits per heavy atom. The minimum atomic E-state index is -1.26.